The van der Waals surface area contributed by atoms with Gasteiger partial charge in [-0.15, -0.1) is 11.3 Å². The highest BCUT2D eigenvalue weighted by molar-refractivity contribution is 9.10. The van der Waals surface area contributed by atoms with Crippen molar-refractivity contribution < 1.29 is 0 Å². The van der Waals surface area contributed by atoms with Crippen LogP contribution >= 0.6 is 27.3 Å². The molecule has 5 aromatic rings. The van der Waals surface area contributed by atoms with E-state index < -0.39 is 0 Å². The van der Waals surface area contributed by atoms with Gasteiger partial charge in [-0.1, -0.05) is 87.7 Å². The lowest BCUT2D eigenvalue weighted by molar-refractivity contribution is 1.24. The van der Waals surface area contributed by atoms with Crippen LogP contribution in [-0.2, 0) is 0 Å². The summed E-state index contributed by atoms with van der Waals surface area (Å²) in [5, 5.41) is 2.20. The van der Waals surface area contributed by atoms with Crippen molar-refractivity contribution in [1.29, 1.82) is 0 Å². The smallest absolute Gasteiger partial charge is 0.195 e. The Morgan fingerprint density at radius 1 is 0.724 bits per heavy atom. The van der Waals surface area contributed by atoms with Crippen LogP contribution in [0.4, 0.5) is 0 Å². The first-order valence-corrected chi connectivity index (χ1v) is 11.2. The molecule has 29 heavy (non-hydrogen) atoms. The number of imidazole rings is 1. The summed E-state index contributed by atoms with van der Waals surface area (Å²) in [7, 11) is 0. The monoisotopic (exact) mass is 458 g/mol. The zero-order chi connectivity index (χ0) is 20.0. The van der Waals surface area contributed by atoms with E-state index in [-0.39, 0.29) is 0 Å². The number of halogens is 1. The molecule has 0 radical (unpaired) electrons. The minimum Gasteiger partial charge on any atom is -0.282 e. The van der Waals surface area contributed by atoms with Gasteiger partial charge in [0, 0.05) is 21.0 Å². The normalized spacial score (nSPS) is 11.3. The number of benzene rings is 3. The lowest BCUT2D eigenvalue weighted by Crippen LogP contribution is -1.92. The molecule has 0 aliphatic rings. The molecule has 0 spiro atoms. The third kappa shape index (κ3) is 3.33. The van der Waals surface area contributed by atoms with Crippen molar-refractivity contribution in [2.24, 2.45) is 0 Å². The summed E-state index contributed by atoms with van der Waals surface area (Å²) in [4.78, 5) is 6.06. The summed E-state index contributed by atoms with van der Waals surface area (Å²) in [6.45, 7) is 4.23. The lowest BCUT2D eigenvalue weighted by atomic mass is 10.0. The number of rotatable bonds is 3. The van der Waals surface area contributed by atoms with Crippen molar-refractivity contribution in [3.05, 3.63) is 93.8 Å². The molecule has 0 aliphatic heterocycles. The number of aromatic nitrogens is 2. The van der Waals surface area contributed by atoms with Crippen LogP contribution in [0.3, 0.4) is 0 Å². The molecule has 0 fully saturated rings. The molecule has 0 bridgehead atoms. The quantitative estimate of drug-likeness (QED) is 0.269. The van der Waals surface area contributed by atoms with E-state index in [4.69, 9.17) is 4.98 Å². The first kappa shape index (κ1) is 18.3. The Bertz CT molecular complexity index is 1290. The number of hydrogen-bond donors (Lipinski definition) is 0. The van der Waals surface area contributed by atoms with Gasteiger partial charge in [0.15, 0.2) is 4.96 Å². The molecule has 2 heterocycles. The van der Waals surface area contributed by atoms with Gasteiger partial charge in [-0.25, -0.2) is 4.98 Å². The van der Waals surface area contributed by atoms with Crippen LogP contribution in [0.25, 0.3) is 38.7 Å². The minimum absolute atomic E-state index is 1.01. The van der Waals surface area contributed by atoms with Crippen molar-refractivity contribution in [3.8, 4) is 33.8 Å². The highest BCUT2D eigenvalue weighted by Gasteiger charge is 2.20. The standard InChI is InChI=1S/C25H19BrN2S/c1-16-3-7-19(8-4-16)23-24(20-9-5-17(2)6-10-20)28-22(15-29-25(28)27-23)18-11-13-21(26)14-12-18/h3-15H,1-2H3. The molecule has 5 rings (SSSR count). The molecule has 2 aromatic heterocycles. The Labute approximate surface area is 182 Å². The zero-order valence-electron chi connectivity index (χ0n) is 16.2. The van der Waals surface area contributed by atoms with E-state index in [2.05, 4.69) is 112 Å². The van der Waals surface area contributed by atoms with Crippen molar-refractivity contribution in [2.45, 2.75) is 13.8 Å². The van der Waals surface area contributed by atoms with E-state index in [0.29, 0.717) is 0 Å². The zero-order valence-corrected chi connectivity index (χ0v) is 18.6. The van der Waals surface area contributed by atoms with Gasteiger partial charge in [-0.3, -0.25) is 4.40 Å². The highest BCUT2D eigenvalue weighted by Crippen LogP contribution is 2.38. The minimum atomic E-state index is 1.01. The molecule has 0 N–H and O–H groups in total. The highest BCUT2D eigenvalue weighted by atomic mass is 79.9. The Hall–Kier alpha value is -2.69. The molecule has 0 atom stereocenters. The van der Waals surface area contributed by atoms with E-state index in [0.717, 1.165) is 26.4 Å². The van der Waals surface area contributed by atoms with Crippen LogP contribution in [0.2, 0.25) is 0 Å². The average molecular weight is 459 g/mol. The van der Waals surface area contributed by atoms with E-state index in [1.165, 1.54) is 27.9 Å². The number of hydrogen-bond acceptors (Lipinski definition) is 2. The molecule has 2 nitrogen and oxygen atoms in total. The van der Waals surface area contributed by atoms with Crippen molar-refractivity contribution in [2.75, 3.05) is 0 Å². The maximum absolute atomic E-state index is 5.05. The van der Waals surface area contributed by atoms with Crippen molar-refractivity contribution >= 4 is 32.2 Å². The van der Waals surface area contributed by atoms with Gasteiger partial charge in [0.1, 0.15) is 0 Å². The van der Waals surface area contributed by atoms with Gasteiger partial charge in [-0.2, -0.15) is 0 Å². The van der Waals surface area contributed by atoms with Gasteiger partial charge < -0.3 is 0 Å². The van der Waals surface area contributed by atoms with Gasteiger partial charge in [0.25, 0.3) is 0 Å². The third-order valence-electron chi connectivity index (χ3n) is 5.15. The Balaban J connectivity index is 1.81. The van der Waals surface area contributed by atoms with Gasteiger partial charge >= 0.3 is 0 Å². The second kappa shape index (κ2) is 7.29. The van der Waals surface area contributed by atoms with Gasteiger partial charge in [0.2, 0.25) is 0 Å². The topological polar surface area (TPSA) is 17.3 Å². The van der Waals surface area contributed by atoms with Gasteiger partial charge in [0.05, 0.1) is 17.1 Å². The summed E-state index contributed by atoms with van der Waals surface area (Å²) in [5.74, 6) is 0. The van der Waals surface area contributed by atoms with Crippen molar-refractivity contribution in [1.82, 2.24) is 9.38 Å². The molecular weight excluding hydrogens is 440 g/mol. The lowest BCUT2D eigenvalue weighted by Gasteiger charge is -2.09. The fraction of sp³-hybridized carbons (Fsp3) is 0.0800. The van der Waals surface area contributed by atoms with Crippen LogP contribution in [0.5, 0.6) is 0 Å². The first-order valence-electron chi connectivity index (χ1n) is 9.50. The Kier molecular flexibility index (Phi) is 4.61. The van der Waals surface area contributed by atoms with Crippen LogP contribution in [0.15, 0.2) is 82.6 Å². The molecule has 0 saturated carbocycles. The fourth-order valence-corrected chi connectivity index (χ4v) is 4.73. The summed E-state index contributed by atoms with van der Waals surface area (Å²) in [6.07, 6.45) is 0. The van der Waals surface area contributed by atoms with Crippen molar-refractivity contribution in [3.63, 3.8) is 0 Å². The number of fused-ring (bicyclic) bond motifs is 1. The largest absolute Gasteiger partial charge is 0.282 e. The van der Waals surface area contributed by atoms with E-state index >= 15 is 0 Å². The van der Waals surface area contributed by atoms with Crippen LogP contribution in [0, 0.1) is 13.8 Å². The van der Waals surface area contributed by atoms with Crippen LogP contribution in [0.1, 0.15) is 11.1 Å². The first-order chi connectivity index (χ1) is 14.1. The van der Waals surface area contributed by atoms with E-state index in [1.807, 2.05) is 0 Å². The Morgan fingerprint density at radius 2 is 1.28 bits per heavy atom. The second-order valence-corrected chi connectivity index (χ2v) is 9.04. The molecule has 142 valence electrons. The number of thiazole rings is 1. The molecule has 4 heteroatoms. The number of nitrogens with zero attached hydrogens (tertiary/aromatic N) is 2. The Morgan fingerprint density at radius 3 is 1.90 bits per heavy atom. The summed E-state index contributed by atoms with van der Waals surface area (Å²) in [6, 6.07) is 25.8. The van der Waals surface area contributed by atoms with E-state index in [9.17, 15) is 0 Å². The summed E-state index contributed by atoms with van der Waals surface area (Å²) in [5.41, 5.74) is 9.34. The van der Waals surface area contributed by atoms with Crippen LogP contribution in [-0.4, -0.2) is 9.38 Å². The maximum Gasteiger partial charge on any atom is 0.195 e. The van der Waals surface area contributed by atoms with Crippen LogP contribution < -0.4 is 0 Å². The predicted octanol–water partition coefficient (Wildman–Crippen LogP) is 7.78. The molecule has 0 aliphatic carbocycles. The van der Waals surface area contributed by atoms with E-state index in [1.54, 1.807) is 11.3 Å². The third-order valence-corrected chi connectivity index (χ3v) is 6.51. The fourth-order valence-electron chi connectivity index (χ4n) is 3.57. The molecule has 3 aromatic carbocycles. The second-order valence-electron chi connectivity index (χ2n) is 7.29. The SMILES string of the molecule is Cc1ccc(-c2nc3scc(-c4ccc(Br)cc4)n3c2-c2ccc(C)cc2)cc1. The van der Waals surface area contributed by atoms with Gasteiger partial charge in [-0.05, 0) is 31.5 Å². The summed E-state index contributed by atoms with van der Waals surface area (Å²) >= 11 is 5.22. The number of aryl methyl sites for hydroxylation is 2. The molecule has 0 unspecified atom stereocenters. The molecule has 0 amide bonds. The maximum atomic E-state index is 5.05. The predicted molar refractivity (Wildman–Crippen MR) is 127 cm³/mol. The average Bonchev–Trinajstić information content (AvgIpc) is 3.29. The summed E-state index contributed by atoms with van der Waals surface area (Å²) < 4.78 is 3.38. The molecular formula is C25H19BrN2S. The molecule has 0 saturated heterocycles.